The van der Waals surface area contributed by atoms with Crippen molar-refractivity contribution in [2.24, 2.45) is 5.92 Å². The normalized spacial score (nSPS) is 17.7. The van der Waals surface area contributed by atoms with Gasteiger partial charge in [-0.05, 0) is 58.1 Å². The van der Waals surface area contributed by atoms with E-state index in [9.17, 15) is 4.79 Å². The van der Waals surface area contributed by atoms with Gasteiger partial charge in [0, 0.05) is 13.1 Å². The van der Waals surface area contributed by atoms with Crippen molar-refractivity contribution < 1.29 is 14.3 Å². The van der Waals surface area contributed by atoms with Crippen LogP contribution in [0.1, 0.15) is 40.0 Å². The van der Waals surface area contributed by atoms with Crippen molar-refractivity contribution in [3.05, 3.63) is 24.3 Å². The second-order valence-corrected chi connectivity index (χ2v) is 7.97. The Morgan fingerprint density at radius 3 is 2.67 bits per heavy atom. The summed E-state index contributed by atoms with van der Waals surface area (Å²) < 4.78 is 11.3. The number of fused-ring (bicyclic) bond motifs is 1. The number of benzene rings is 1. The molecule has 1 saturated heterocycles. The lowest BCUT2D eigenvalue weighted by atomic mass is 9.95. The van der Waals surface area contributed by atoms with Crippen molar-refractivity contribution >= 4 is 22.9 Å². The summed E-state index contributed by atoms with van der Waals surface area (Å²) in [5, 5.41) is 0. The predicted molar refractivity (Wildman–Crippen MR) is 105 cm³/mol. The Balaban J connectivity index is 1.53. The number of nitrogens with two attached hydrogens (primary N) is 1. The van der Waals surface area contributed by atoms with E-state index in [1.54, 1.807) is 4.90 Å². The average Bonchev–Trinajstić information content (AvgIpc) is 2.61. The first-order chi connectivity index (χ1) is 12.8. The number of piperidine rings is 1. The number of para-hydroxylation sites is 2. The first kappa shape index (κ1) is 19.2. The van der Waals surface area contributed by atoms with Gasteiger partial charge in [-0.2, -0.15) is 0 Å². The molecule has 0 unspecified atom stereocenters. The summed E-state index contributed by atoms with van der Waals surface area (Å²) in [6, 6.07) is 7.56. The zero-order valence-electron chi connectivity index (χ0n) is 16.3. The molecule has 27 heavy (non-hydrogen) atoms. The quantitative estimate of drug-likeness (QED) is 0.881. The molecule has 0 bridgehead atoms. The molecule has 1 atom stereocenters. The van der Waals surface area contributed by atoms with Gasteiger partial charge in [0.05, 0.1) is 17.6 Å². The number of aromatic nitrogens is 2. The van der Waals surface area contributed by atoms with Gasteiger partial charge in [0.1, 0.15) is 5.60 Å². The summed E-state index contributed by atoms with van der Waals surface area (Å²) >= 11 is 0. The number of nitrogens with zero attached hydrogens (tertiary/aromatic N) is 3. The van der Waals surface area contributed by atoms with E-state index in [0.717, 1.165) is 36.8 Å². The number of anilines is 1. The van der Waals surface area contributed by atoms with Crippen LogP contribution in [0.3, 0.4) is 0 Å². The van der Waals surface area contributed by atoms with Gasteiger partial charge in [0.15, 0.2) is 5.82 Å². The molecule has 7 nitrogen and oxygen atoms in total. The molecule has 7 heteroatoms. The van der Waals surface area contributed by atoms with Crippen LogP contribution in [-0.2, 0) is 4.74 Å². The third-order valence-electron chi connectivity index (χ3n) is 4.50. The highest BCUT2D eigenvalue weighted by Crippen LogP contribution is 2.24. The van der Waals surface area contributed by atoms with Crippen LogP contribution in [-0.4, -0.2) is 46.3 Å². The summed E-state index contributed by atoms with van der Waals surface area (Å²) in [7, 11) is 0. The topological polar surface area (TPSA) is 90.6 Å². The Bertz CT molecular complexity index is 803. The molecular formula is C20H28N4O3. The molecule has 1 aliphatic rings. The van der Waals surface area contributed by atoms with E-state index in [1.165, 1.54) is 0 Å². The lowest BCUT2D eigenvalue weighted by molar-refractivity contribution is 0.0154. The van der Waals surface area contributed by atoms with Crippen LogP contribution in [0.2, 0.25) is 0 Å². The number of ether oxygens (including phenoxy) is 2. The Morgan fingerprint density at radius 2 is 1.96 bits per heavy atom. The molecule has 0 radical (unpaired) electrons. The highest BCUT2D eigenvalue weighted by atomic mass is 16.6. The number of likely N-dealkylation sites (tertiary alicyclic amines) is 1. The van der Waals surface area contributed by atoms with Gasteiger partial charge >= 0.3 is 6.09 Å². The molecule has 1 fully saturated rings. The third kappa shape index (κ3) is 5.21. The van der Waals surface area contributed by atoms with Gasteiger partial charge in [-0.3, -0.25) is 0 Å². The zero-order chi connectivity index (χ0) is 19.4. The largest absolute Gasteiger partial charge is 0.475 e. The fraction of sp³-hybridized carbons (Fsp3) is 0.550. The van der Waals surface area contributed by atoms with Crippen LogP contribution in [0.4, 0.5) is 10.6 Å². The molecule has 1 aliphatic heterocycles. The second-order valence-electron chi connectivity index (χ2n) is 7.97. The number of amides is 1. The minimum absolute atomic E-state index is 0.238. The lowest BCUT2D eigenvalue weighted by Crippen LogP contribution is -2.43. The number of hydrogen-bond donors (Lipinski definition) is 1. The van der Waals surface area contributed by atoms with E-state index in [-0.39, 0.29) is 6.09 Å². The second kappa shape index (κ2) is 7.98. The molecule has 1 aromatic heterocycles. The Hall–Kier alpha value is -2.57. The predicted octanol–water partition coefficient (Wildman–Crippen LogP) is 3.63. The van der Waals surface area contributed by atoms with E-state index in [0.29, 0.717) is 30.8 Å². The van der Waals surface area contributed by atoms with Crippen LogP contribution in [0, 0.1) is 5.92 Å². The van der Waals surface area contributed by atoms with Gasteiger partial charge in [-0.25, -0.2) is 14.8 Å². The van der Waals surface area contributed by atoms with Crippen molar-refractivity contribution in [2.45, 2.75) is 45.6 Å². The number of carbonyl (C=O) groups excluding carboxylic acids is 1. The van der Waals surface area contributed by atoms with Crippen molar-refractivity contribution in [3.8, 4) is 5.88 Å². The maximum absolute atomic E-state index is 12.3. The van der Waals surface area contributed by atoms with Gasteiger partial charge < -0.3 is 20.1 Å². The van der Waals surface area contributed by atoms with Crippen LogP contribution in [0.15, 0.2) is 24.3 Å². The Kier molecular flexibility index (Phi) is 5.68. The molecule has 0 saturated carbocycles. The zero-order valence-corrected chi connectivity index (χ0v) is 16.3. The smallest absolute Gasteiger partial charge is 0.410 e. The van der Waals surface area contributed by atoms with E-state index in [1.807, 2.05) is 45.0 Å². The summed E-state index contributed by atoms with van der Waals surface area (Å²) in [4.78, 5) is 22.8. The summed E-state index contributed by atoms with van der Waals surface area (Å²) in [6.45, 7) is 7.58. The first-order valence-corrected chi connectivity index (χ1v) is 9.45. The molecule has 2 N–H and O–H groups in total. The molecule has 146 valence electrons. The van der Waals surface area contributed by atoms with Gasteiger partial charge in [-0.15, -0.1) is 0 Å². The SMILES string of the molecule is CC(C)(C)OC(=O)N1CCC[C@H](CCOc2nc3ccccc3nc2N)C1. The maximum atomic E-state index is 12.3. The van der Waals surface area contributed by atoms with E-state index < -0.39 is 5.60 Å². The van der Waals surface area contributed by atoms with E-state index >= 15 is 0 Å². The highest BCUT2D eigenvalue weighted by molar-refractivity contribution is 5.76. The third-order valence-corrected chi connectivity index (χ3v) is 4.50. The summed E-state index contributed by atoms with van der Waals surface area (Å²) in [5.74, 6) is 1.04. The fourth-order valence-corrected chi connectivity index (χ4v) is 3.22. The molecular weight excluding hydrogens is 344 g/mol. The average molecular weight is 372 g/mol. The first-order valence-electron chi connectivity index (χ1n) is 9.45. The highest BCUT2D eigenvalue weighted by Gasteiger charge is 2.27. The van der Waals surface area contributed by atoms with Crippen LogP contribution in [0.5, 0.6) is 5.88 Å². The minimum atomic E-state index is -0.473. The van der Waals surface area contributed by atoms with E-state index in [4.69, 9.17) is 15.2 Å². The maximum Gasteiger partial charge on any atom is 0.410 e. The fourth-order valence-electron chi connectivity index (χ4n) is 3.22. The monoisotopic (exact) mass is 372 g/mol. The van der Waals surface area contributed by atoms with Crippen molar-refractivity contribution in [1.29, 1.82) is 0 Å². The molecule has 3 rings (SSSR count). The molecule has 2 aromatic rings. The van der Waals surface area contributed by atoms with Crippen LogP contribution < -0.4 is 10.5 Å². The standard InChI is InChI=1S/C20H28N4O3/c1-20(2,3)27-19(25)24-11-6-7-14(13-24)10-12-26-18-17(21)22-15-8-4-5-9-16(15)23-18/h4-5,8-9,14H,6-7,10-13H2,1-3H3,(H2,21,22)/t14-/m1/s1. The lowest BCUT2D eigenvalue weighted by Gasteiger charge is -2.34. The van der Waals surface area contributed by atoms with Crippen LogP contribution >= 0.6 is 0 Å². The number of nitrogen functional groups attached to an aromatic ring is 1. The molecule has 0 aliphatic carbocycles. The number of carbonyl (C=O) groups is 1. The van der Waals surface area contributed by atoms with Gasteiger partial charge in [0.25, 0.3) is 5.88 Å². The van der Waals surface area contributed by atoms with Gasteiger partial charge in [-0.1, -0.05) is 12.1 Å². The van der Waals surface area contributed by atoms with E-state index in [2.05, 4.69) is 9.97 Å². The molecule has 0 spiro atoms. The molecule has 1 amide bonds. The Labute approximate surface area is 159 Å². The van der Waals surface area contributed by atoms with Crippen molar-refractivity contribution in [2.75, 3.05) is 25.4 Å². The summed E-state index contributed by atoms with van der Waals surface area (Å²) in [5.41, 5.74) is 7.00. The number of hydrogen-bond acceptors (Lipinski definition) is 6. The Morgan fingerprint density at radius 1 is 1.26 bits per heavy atom. The van der Waals surface area contributed by atoms with Crippen molar-refractivity contribution in [1.82, 2.24) is 14.9 Å². The van der Waals surface area contributed by atoms with Crippen LogP contribution in [0.25, 0.3) is 11.0 Å². The van der Waals surface area contributed by atoms with Gasteiger partial charge in [0.2, 0.25) is 0 Å². The summed E-state index contributed by atoms with van der Waals surface area (Å²) in [6.07, 6.45) is 2.63. The van der Waals surface area contributed by atoms with Crippen molar-refractivity contribution in [3.63, 3.8) is 0 Å². The molecule has 2 heterocycles. The molecule has 1 aromatic carbocycles. The number of rotatable bonds is 4. The minimum Gasteiger partial charge on any atom is -0.475 e.